The molecular formula is C18H25N3O2S. The summed E-state index contributed by atoms with van der Waals surface area (Å²) in [5.74, 6) is 1.75. The molecule has 0 aromatic heterocycles. The topological polar surface area (TPSA) is 67.9 Å². The predicted molar refractivity (Wildman–Crippen MR) is 98.4 cm³/mol. The fraction of sp³-hybridized carbons (Fsp3) is 0.556. The van der Waals surface area contributed by atoms with Crippen molar-refractivity contribution in [2.45, 2.75) is 38.1 Å². The normalized spacial score (nSPS) is 24.4. The molecule has 1 aromatic rings. The van der Waals surface area contributed by atoms with Gasteiger partial charge in [-0.05, 0) is 50.3 Å². The third-order valence-corrected chi connectivity index (χ3v) is 5.52. The number of thioether (sulfide) groups is 1. The average molecular weight is 347 g/mol. The first kappa shape index (κ1) is 17.1. The highest BCUT2D eigenvalue weighted by Gasteiger charge is 2.29. The Morgan fingerprint density at radius 1 is 1.38 bits per heavy atom. The van der Waals surface area contributed by atoms with Crippen molar-refractivity contribution in [1.29, 1.82) is 0 Å². The molecular weight excluding hydrogens is 322 g/mol. The summed E-state index contributed by atoms with van der Waals surface area (Å²) in [5, 5.41) is 0.635. The number of aliphatic imine (C=N–C) groups is 1. The Hall–Kier alpha value is -1.69. The van der Waals surface area contributed by atoms with Crippen molar-refractivity contribution < 1.29 is 9.53 Å². The SMILES string of the molecule is CC1(c2cccc(OCC(=O)N3CCCCC3)c2)CCSC(N)=N1. The molecule has 2 heterocycles. The second kappa shape index (κ2) is 7.47. The van der Waals surface area contributed by atoms with Crippen molar-refractivity contribution >= 4 is 22.8 Å². The first-order chi connectivity index (χ1) is 11.6. The van der Waals surface area contributed by atoms with Crippen LogP contribution in [0.25, 0.3) is 0 Å². The Morgan fingerprint density at radius 2 is 2.17 bits per heavy atom. The van der Waals surface area contributed by atoms with E-state index in [1.807, 2.05) is 29.2 Å². The van der Waals surface area contributed by atoms with Crippen molar-refractivity contribution in [1.82, 2.24) is 4.90 Å². The first-order valence-electron chi connectivity index (χ1n) is 8.56. The van der Waals surface area contributed by atoms with Gasteiger partial charge in [-0.15, -0.1) is 0 Å². The molecule has 0 radical (unpaired) electrons. The van der Waals surface area contributed by atoms with Gasteiger partial charge in [-0.3, -0.25) is 9.79 Å². The van der Waals surface area contributed by atoms with Gasteiger partial charge < -0.3 is 15.4 Å². The smallest absolute Gasteiger partial charge is 0.260 e. The minimum Gasteiger partial charge on any atom is -0.484 e. The zero-order valence-corrected chi connectivity index (χ0v) is 15.0. The first-order valence-corrected chi connectivity index (χ1v) is 9.55. The van der Waals surface area contributed by atoms with Crippen LogP contribution < -0.4 is 10.5 Å². The minimum absolute atomic E-state index is 0.0719. The molecule has 1 atom stereocenters. The predicted octanol–water partition coefficient (Wildman–Crippen LogP) is 2.74. The summed E-state index contributed by atoms with van der Waals surface area (Å²) in [5.41, 5.74) is 6.66. The Kier molecular flexibility index (Phi) is 5.33. The van der Waals surface area contributed by atoms with Crippen molar-refractivity contribution in [3.05, 3.63) is 29.8 Å². The second-order valence-corrected chi connectivity index (χ2v) is 7.70. The van der Waals surface area contributed by atoms with E-state index < -0.39 is 0 Å². The van der Waals surface area contributed by atoms with E-state index in [1.54, 1.807) is 11.8 Å². The molecule has 1 amide bonds. The number of carbonyl (C=O) groups excluding carboxylic acids is 1. The van der Waals surface area contributed by atoms with Gasteiger partial charge in [0.2, 0.25) is 0 Å². The van der Waals surface area contributed by atoms with Crippen LogP contribution in [0.5, 0.6) is 5.75 Å². The molecule has 6 heteroatoms. The van der Waals surface area contributed by atoms with Crippen LogP contribution >= 0.6 is 11.8 Å². The van der Waals surface area contributed by atoms with Crippen LogP contribution in [-0.4, -0.2) is 41.4 Å². The van der Waals surface area contributed by atoms with E-state index in [-0.39, 0.29) is 18.1 Å². The van der Waals surface area contributed by atoms with E-state index in [4.69, 9.17) is 10.5 Å². The maximum atomic E-state index is 12.2. The summed E-state index contributed by atoms with van der Waals surface area (Å²) in [6, 6.07) is 7.87. The van der Waals surface area contributed by atoms with E-state index >= 15 is 0 Å². The third kappa shape index (κ3) is 4.04. The maximum absolute atomic E-state index is 12.2. The van der Waals surface area contributed by atoms with Crippen molar-refractivity contribution in [3.63, 3.8) is 0 Å². The van der Waals surface area contributed by atoms with Crippen molar-refractivity contribution in [3.8, 4) is 5.75 Å². The van der Waals surface area contributed by atoms with Gasteiger partial charge in [-0.25, -0.2) is 0 Å². The Labute approximate surface area is 147 Å². The fourth-order valence-corrected chi connectivity index (χ4v) is 4.17. The monoisotopic (exact) mass is 347 g/mol. The standard InChI is InChI=1S/C18H25N3O2S/c1-18(8-11-24-17(19)20-18)14-6-5-7-15(12-14)23-13-16(22)21-9-3-2-4-10-21/h5-7,12H,2-4,8-11,13H2,1H3,(H2,19,20). The van der Waals surface area contributed by atoms with Crippen LogP contribution in [0.3, 0.4) is 0 Å². The van der Waals surface area contributed by atoms with Gasteiger partial charge in [0.05, 0.1) is 5.54 Å². The lowest BCUT2D eigenvalue weighted by molar-refractivity contribution is -0.134. The number of likely N-dealkylation sites (tertiary alicyclic amines) is 1. The van der Waals surface area contributed by atoms with Crippen LogP contribution in [0, 0.1) is 0 Å². The highest BCUT2D eigenvalue weighted by molar-refractivity contribution is 8.13. The lowest BCUT2D eigenvalue weighted by Crippen LogP contribution is -2.38. The molecule has 2 aliphatic rings. The molecule has 1 aromatic carbocycles. The molecule has 1 saturated heterocycles. The molecule has 2 aliphatic heterocycles. The Morgan fingerprint density at radius 3 is 2.92 bits per heavy atom. The van der Waals surface area contributed by atoms with E-state index in [2.05, 4.69) is 11.9 Å². The molecule has 5 nitrogen and oxygen atoms in total. The number of amidine groups is 1. The van der Waals surface area contributed by atoms with E-state index in [9.17, 15) is 4.79 Å². The molecule has 24 heavy (non-hydrogen) atoms. The number of carbonyl (C=O) groups is 1. The largest absolute Gasteiger partial charge is 0.484 e. The molecule has 2 N–H and O–H groups in total. The summed E-state index contributed by atoms with van der Waals surface area (Å²) in [6.45, 7) is 3.90. The molecule has 130 valence electrons. The fourth-order valence-electron chi connectivity index (χ4n) is 3.20. The Bertz CT molecular complexity index is 628. The van der Waals surface area contributed by atoms with Gasteiger partial charge in [0, 0.05) is 18.8 Å². The molecule has 3 rings (SSSR count). The molecule has 1 fully saturated rings. The van der Waals surface area contributed by atoms with Crippen LogP contribution in [0.2, 0.25) is 0 Å². The number of nitrogens with zero attached hydrogens (tertiary/aromatic N) is 2. The lowest BCUT2D eigenvalue weighted by Gasteiger charge is -2.30. The summed E-state index contributed by atoms with van der Waals surface area (Å²) in [6.07, 6.45) is 4.34. The van der Waals surface area contributed by atoms with Crippen LogP contribution in [0.4, 0.5) is 0 Å². The van der Waals surface area contributed by atoms with E-state index in [1.165, 1.54) is 6.42 Å². The number of amides is 1. The van der Waals surface area contributed by atoms with Crippen molar-refractivity contribution in [2.24, 2.45) is 10.7 Å². The van der Waals surface area contributed by atoms with Crippen molar-refractivity contribution in [2.75, 3.05) is 25.4 Å². The van der Waals surface area contributed by atoms with Crippen LogP contribution in [0.1, 0.15) is 38.2 Å². The van der Waals surface area contributed by atoms with E-state index in [0.29, 0.717) is 10.9 Å². The van der Waals surface area contributed by atoms with Crippen LogP contribution in [0.15, 0.2) is 29.3 Å². The number of piperidine rings is 1. The van der Waals surface area contributed by atoms with Gasteiger partial charge >= 0.3 is 0 Å². The quantitative estimate of drug-likeness (QED) is 0.909. The minimum atomic E-state index is -0.314. The number of nitrogens with two attached hydrogens (primary N) is 1. The molecule has 0 aliphatic carbocycles. The van der Waals surface area contributed by atoms with Gasteiger partial charge in [0.15, 0.2) is 11.8 Å². The van der Waals surface area contributed by atoms with E-state index in [0.717, 1.165) is 43.7 Å². The number of ether oxygens (including phenoxy) is 1. The molecule has 0 spiro atoms. The average Bonchev–Trinajstić information content (AvgIpc) is 2.60. The van der Waals surface area contributed by atoms with Crippen LogP contribution in [-0.2, 0) is 10.3 Å². The molecule has 1 unspecified atom stereocenters. The lowest BCUT2D eigenvalue weighted by atomic mass is 9.90. The summed E-state index contributed by atoms with van der Waals surface area (Å²) < 4.78 is 5.75. The second-order valence-electron chi connectivity index (χ2n) is 6.58. The summed E-state index contributed by atoms with van der Waals surface area (Å²) in [7, 11) is 0. The third-order valence-electron chi connectivity index (χ3n) is 4.72. The van der Waals surface area contributed by atoms with Gasteiger partial charge in [0.1, 0.15) is 5.75 Å². The number of hydrogen-bond acceptors (Lipinski definition) is 5. The van der Waals surface area contributed by atoms with Gasteiger partial charge in [-0.1, -0.05) is 23.9 Å². The summed E-state index contributed by atoms with van der Waals surface area (Å²) in [4.78, 5) is 18.7. The number of benzene rings is 1. The highest BCUT2D eigenvalue weighted by Crippen LogP contribution is 2.36. The highest BCUT2D eigenvalue weighted by atomic mass is 32.2. The molecule has 0 bridgehead atoms. The summed E-state index contributed by atoms with van der Waals surface area (Å²) >= 11 is 1.60. The zero-order valence-electron chi connectivity index (χ0n) is 14.2. The number of rotatable bonds is 4. The number of hydrogen-bond donors (Lipinski definition) is 1. The Balaban J connectivity index is 1.65. The zero-order chi connectivity index (χ0) is 17.0. The van der Waals surface area contributed by atoms with Gasteiger partial charge in [0.25, 0.3) is 5.91 Å². The maximum Gasteiger partial charge on any atom is 0.260 e. The molecule has 0 saturated carbocycles. The van der Waals surface area contributed by atoms with Gasteiger partial charge in [-0.2, -0.15) is 0 Å².